The first-order valence-electron chi connectivity index (χ1n) is 28.9. The molecule has 5 rings (SSSR count). The minimum Gasteiger partial charge on any atom is -0.471 e. The van der Waals surface area contributed by atoms with Crippen molar-refractivity contribution in [2.75, 3.05) is 34.0 Å². The molecule has 0 saturated heterocycles. The Morgan fingerprint density at radius 3 is 1.84 bits per heavy atom. The van der Waals surface area contributed by atoms with Gasteiger partial charge in [-0.2, -0.15) is 0 Å². The van der Waals surface area contributed by atoms with E-state index in [1.165, 1.54) is 44.3 Å². The minimum atomic E-state index is -1.74. The van der Waals surface area contributed by atoms with Crippen molar-refractivity contribution in [1.29, 1.82) is 0 Å². The molecule has 1 aliphatic heterocycles. The highest BCUT2D eigenvalue weighted by atomic mass is 35.5. The normalized spacial score (nSPS) is 15.5. The molecule has 4 aromatic carbocycles. The van der Waals surface area contributed by atoms with E-state index in [1.807, 2.05) is 12.1 Å². The quantitative estimate of drug-likeness (QED) is 0.0152. The van der Waals surface area contributed by atoms with Crippen molar-refractivity contribution in [3.05, 3.63) is 106 Å². The van der Waals surface area contributed by atoms with E-state index in [0.29, 0.717) is 17.0 Å². The lowest BCUT2D eigenvalue weighted by Crippen LogP contribution is -2.55. The van der Waals surface area contributed by atoms with Crippen molar-refractivity contribution in [2.24, 2.45) is 0 Å². The maximum atomic E-state index is 15.6. The van der Waals surface area contributed by atoms with Crippen molar-refractivity contribution < 1.29 is 76.3 Å². The molecule has 0 spiro atoms. The molecule has 0 aliphatic carbocycles. The van der Waals surface area contributed by atoms with Crippen LogP contribution >= 0.6 is 11.6 Å². The Kier molecular flexibility index (Phi) is 24.4. The van der Waals surface area contributed by atoms with Gasteiger partial charge < -0.3 is 64.6 Å². The van der Waals surface area contributed by atoms with Crippen LogP contribution in [0.3, 0.4) is 0 Å². The van der Waals surface area contributed by atoms with Gasteiger partial charge in [-0.15, -0.1) is 0 Å². The van der Waals surface area contributed by atoms with Crippen molar-refractivity contribution in [2.45, 2.75) is 162 Å². The molecule has 1 heterocycles. The Labute approximate surface area is 524 Å². The molecule has 23 nitrogen and oxygen atoms in total. The highest BCUT2D eigenvalue weighted by molar-refractivity contribution is 6.30. The molecule has 0 radical (unpaired) electrons. The van der Waals surface area contributed by atoms with E-state index in [0.717, 1.165) is 23.1 Å². The third kappa shape index (κ3) is 22.9. The van der Waals surface area contributed by atoms with Crippen molar-refractivity contribution in [3.8, 4) is 45.6 Å². The lowest BCUT2D eigenvalue weighted by atomic mass is 9.91. The molecule has 24 heteroatoms. The highest BCUT2D eigenvalue weighted by Crippen LogP contribution is 2.43. The van der Waals surface area contributed by atoms with Gasteiger partial charge in [-0.05, 0) is 180 Å². The zero-order valence-electron chi connectivity index (χ0n) is 53.1. The zero-order valence-corrected chi connectivity index (χ0v) is 53.9. The number of rotatable bonds is 16. The van der Waals surface area contributed by atoms with E-state index >= 15 is 9.59 Å². The van der Waals surface area contributed by atoms with Gasteiger partial charge in [-0.1, -0.05) is 53.8 Å². The average Bonchev–Trinajstić information content (AvgIpc) is 1.16. The second kappa shape index (κ2) is 30.7. The average molecular weight is 1250 g/mol. The lowest BCUT2D eigenvalue weighted by Gasteiger charge is -2.33. The third-order valence-electron chi connectivity index (χ3n) is 12.6. The molecule has 89 heavy (non-hydrogen) atoms. The van der Waals surface area contributed by atoms with E-state index in [9.17, 15) is 33.6 Å². The number of alkyl carbamates (subject to hydrolysis) is 3. The summed E-state index contributed by atoms with van der Waals surface area (Å²) >= 11 is 6.14. The fourth-order valence-corrected chi connectivity index (χ4v) is 8.88. The van der Waals surface area contributed by atoms with Crippen LogP contribution in [0.2, 0.25) is 5.02 Å². The molecule has 4 atom stereocenters. The summed E-state index contributed by atoms with van der Waals surface area (Å²) in [7, 11) is 2.45. The zero-order chi connectivity index (χ0) is 66.2. The van der Waals surface area contributed by atoms with Crippen LogP contribution in [0.4, 0.5) is 19.2 Å². The maximum absolute atomic E-state index is 15.6. The topological polar surface area (TPSA) is 294 Å². The lowest BCUT2D eigenvalue weighted by molar-refractivity contribution is -0.145. The number of hydrogen-bond donors (Lipinski definition) is 6. The Morgan fingerprint density at radius 2 is 1.26 bits per heavy atom. The van der Waals surface area contributed by atoms with Crippen molar-refractivity contribution in [1.82, 2.24) is 36.8 Å². The summed E-state index contributed by atoms with van der Waals surface area (Å²) in [5, 5.41) is 16.6. The number of fused-ring (bicyclic) bond motifs is 5. The Hall–Kier alpha value is -9.04. The van der Waals surface area contributed by atoms with Crippen LogP contribution in [0.5, 0.6) is 11.5 Å². The number of ether oxygens (including phenoxy) is 7. The van der Waals surface area contributed by atoms with Crippen molar-refractivity contribution >= 4 is 65.6 Å². The summed E-state index contributed by atoms with van der Waals surface area (Å²) < 4.78 is 39.3. The number of halogens is 1. The van der Waals surface area contributed by atoms with Gasteiger partial charge in [0.15, 0.2) is 6.73 Å². The fraction of sp³-hybridized carbons (Fsp3) is 0.462. The smallest absolute Gasteiger partial charge is 0.471 e. The van der Waals surface area contributed by atoms with Gasteiger partial charge >= 0.3 is 30.4 Å². The summed E-state index contributed by atoms with van der Waals surface area (Å²) in [5.41, 5.74) is -1.41. The molecule has 480 valence electrons. The number of esters is 1. The SMILES string of the molecule is COC(=O)[C@@H]1Cc2ccc(OC(=O)OC(C)(C)C)c(c2)-c2cc(cc(C#CCNC(=O)OC(C)(C)C)c2OCNC(=O)OC(C)(C)C)[C@H](N(C)C(=O)[C@H](CCCCNC(=O)OC(C)(C)C)NC(=O)c2ccc(-c3ccc(Cl)cc3)cc2)C(=O)N[C@@H](C)C(=O)N1. The number of carbonyl (C=O) groups excluding carboxylic acids is 9. The second-order valence-electron chi connectivity index (χ2n) is 24.9. The van der Waals surface area contributed by atoms with E-state index < -0.39 is 107 Å². The number of nitrogens with one attached hydrogen (secondary N) is 6. The van der Waals surface area contributed by atoms with E-state index in [2.05, 4.69) is 43.7 Å². The fourth-order valence-electron chi connectivity index (χ4n) is 8.76. The van der Waals surface area contributed by atoms with Gasteiger partial charge in [0.2, 0.25) is 17.7 Å². The summed E-state index contributed by atoms with van der Waals surface area (Å²) in [6.45, 7) is 20.7. The van der Waals surface area contributed by atoms with Crippen LogP contribution < -0.4 is 41.4 Å². The summed E-state index contributed by atoms with van der Waals surface area (Å²) in [6.07, 6.45) is -3.14. The first kappa shape index (κ1) is 70.7. The molecular weight excluding hydrogens is 1170 g/mol. The van der Waals surface area contributed by atoms with Crippen LogP contribution in [-0.4, -0.2) is 133 Å². The minimum absolute atomic E-state index is 0.000328. The number of unbranched alkanes of at least 4 members (excludes halogenated alkanes) is 1. The predicted molar refractivity (Wildman–Crippen MR) is 332 cm³/mol. The number of hydrogen-bond acceptors (Lipinski definition) is 16. The van der Waals surface area contributed by atoms with Crippen LogP contribution in [-0.2, 0) is 49.3 Å². The molecule has 1 aliphatic rings. The maximum Gasteiger partial charge on any atom is 0.514 e. The number of benzene rings is 4. The first-order valence-corrected chi connectivity index (χ1v) is 29.2. The Morgan fingerprint density at radius 1 is 0.685 bits per heavy atom. The number of likely N-dealkylation sites (N-methyl/N-ethyl adjacent to an activating group) is 1. The van der Waals surface area contributed by atoms with Gasteiger partial charge in [0, 0.05) is 41.7 Å². The second-order valence-corrected chi connectivity index (χ2v) is 25.3. The van der Waals surface area contributed by atoms with Crippen LogP contribution in [0.25, 0.3) is 22.3 Å². The molecular formula is C65H82ClN7O16. The van der Waals surface area contributed by atoms with Crippen LogP contribution in [0.1, 0.15) is 142 Å². The van der Waals surface area contributed by atoms with E-state index in [-0.39, 0.29) is 71.7 Å². The number of carbonyl (C=O) groups is 9. The number of amides is 7. The Bertz CT molecular complexity index is 3300. The van der Waals surface area contributed by atoms with Gasteiger partial charge in [-0.25, -0.2) is 24.0 Å². The molecule has 6 N–H and O–H groups in total. The summed E-state index contributed by atoms with van der Waals surface area (Å²) in [6, 6.07) is 15.3. The van der Waals surface area contributed by atoms with Gasteiger partial charge in [0.25, 0.3) is 5.91 Å². The van der Waals surface area contributed by atoms with Gasteiger partial charge in [-0.3, -0.25) is 24.5 Å². The number of nitrogens with zero attached hydrogens (tertiary/aromatic N) is 1. The molecule has 4 bridgehead atoms. The van der Waals surface area contributed by atoms with E-state index in [1.54, 1.807) is 119 Å². The summed E-state index contributed by atoms with van der Waals surface area (Å²) in [4.78, 5) is 126. The largest absolute Gasteiger partial charge is 0.514 e. The van der Waals surface area contributed by atoms with Gasteiger partial charge in [0.05, 0.1) is 19.2 Å². The molecule has 0 fully saturated rings. The van der Waals surface area contributed by atoms with Crippen molar-refractivity contribution in [3.63, 3.8) is 0 Å². The molecule has 7 amide bonds. The predicted octanol–water partition coefficient (Wildman–Crippen LogP) is 9.44. The van der Waals surface area contributed by atoms with Crippen LogP contribution in [0.15, 0.2) is 78.9 Å². The third-order valence-corrected chi connectivity index (χ3v) is 12.9. The number of methoxy groups -OCH3 is 1. The summed E-state index contributed by atoms with van der Waals surface area (Å²) in [5.74, 6) is 1.54. The Balaban J connectivity index is 1.78. The molecule has 0 aromatic heterocycles. The standard InChI is InChI=1S/C65H82ClN7O16/c1-38-53(74)72-49(57(78)83-15)34-39-21-30-50(85-61(82)89-65(11,12)13)46(33-39)47-36-44(35-43(19-18-32-68-59(80)87-63(5,6)7)52(47)84-37-69-60(81)88-64(8,9)10)51(55(76)70-38)73(14)56(77)48(20-16-17-31-67-58(79)86-62(2,3)4)71-54(75)42-24-22-40(23-25-42)41-26-28-45(66)29-27-41/h21-30,33,35-36,38,48-49,51H,16-17,20,31-32,34,37H2,1-15H3,(H,67,79)(H,68,80)(H,69,81)(H,70,76)(H,71,75)(H,72,74)/t38-,48-,49-,51-/m0/s1. The first-order chi connectivity index (χ1) is 41.5. The van der Waals surface area contributed by atoms with Gasteiger partial charge in [0.1, 0.15) is 58.1 Å². The highest BCUT2D eigenvalue weighted by Gasteiger charge is 2.37. The molecule has 0 unspecified atom stereocenters. The van der Waals surface area contributed by atoms with E-state index in [4.69, 9.17) is 44.8 Å². The van der Waals surface area contributed by atoms with Crippen LogP contribution in [0, 0.1) is 11.8 Å². The molecule has 4 aromatic rings. The monoisotopic (exact) mass is 1250 g/mol. The molecule has 0 saturated carbocycles.